The third-order valence-corrected chi connectivity index (χ3v) is 4.31. The van der Waals surface area contributed by atoms with E-state index in [2.05, 4.69) is 27.3 Å². The fraction of sp³-hybridized carbons (Fsp3) is 0.600. The quantitative estimate of drug-likeness (QED) is 0.901. The Morgan fingerprint density at radius 2 is 2.37 bits per heavy atom. The zero-order valence-corrected chi connectivity index (χ0v) is 13.2. The van der Waals surface area contributed by atoms with E-state index >= 15 is 0 Å². The minimum Gasteiger partial charge on any atom is -0.496 e. The first-order valence-corrected chi connectivity index (χ1v) is 7.61. The Kier molecular flexibility index (Phi) is 5.67. The van der Waals surface area contributed by atoms with Crippen molar-refractivity contribution in [3.05, 3.63) is 28.2 Å². The molecule has 4 heteroatoms. The largest absolute Gasteiger partial charge is 0.496 e. The molecule has 1 aliphatic rings. The molecule has 0 amide bonds. The van der Waals surface area contributed by atoms with E-state index in [-0.39, 0.29) is 0 Å². The minimum absolute atomic E-state index is 0.434. The van der Waals surface area contributed by atoms with Gasteiger partial charge in [-0.05, 0) is 56.0 Å². The molecule has 1 heterocycles. The molecule has 0 aromatic heterocycles. The molecular weight excluding hydrogens is 306 g/mol. The molecule has 1 aliphatic heterocycles. The topological polar surface area (TPSA) is 30.5 Å². The van der Waals surface area contributed by atoms with Gasteiger partial charge in [0.1, 0.15) is 5.75 Å². The fourth-order valence-corrected chi connectivity index (χ4v) is 3.14. The van der Waals surface area contributed by atoms with Crippen LogP contribution in [-0.4, -0.2) is 33.4 Å². The fourth-order valence-electron chi connectivity index (χ4n) is 2.73. The van der Waals surface area contributed by atoms with Crippen LogP contribution in [0, 0.1) is 5.92 Å². The highest BCUT2D eigenvalue weighted by molar-refractivity contribution is 9.10. The van der Waals surface area contributed by atoms with Crippen molar-refractivity contribution in [2.24, 2.45) is 5.92 Å². The summed E-state index contributed by atoms with van der Waals surface area (Å²) < 4.78 is 12.2. The third-order valence-electron chi connectivity index (χ3n) is 3.82. The standard InChI is InChI=1S/C15H22BrNO2/c1-17-14(11-4-3-7-19-10-11)9-12-8-13(16)5-6-15(12)18-2/h5-6,8,11,14,17H,3-4,7,9-10H2,1-2H3. The highest BCUT2D eigenvalue weighted by Gasteiger charge is 2.24. The molecule has 0 radical (unpaired) electrons. The Morgan fingerprint density at radius 1 is 1.53 bits per heavy atom. The van der Waals surface area contributed by atoms with Crippen LogP contribution in [0.2, 0.25) is 0 Å². The zero-order valence-electron chi connectivity index (χ0n) is 11.6. The lowest BCUT2D eigenvalue weighted by molar-refractivity contribution is 0.0404. The Balaban J connectivity index is 2.10. The molecule has 0 bridgehead atoms. The van der Waals surface area contributed by atoms with Crippen LogP contribution in [0.15, 0.2) is 22.7 Å². The molecule has 2 unspecified atom stereocenters. The zero-order chi connectivity index (χ0) is 13.7. The first-order valence-electron chi connectivity index (χ1n) is 6.82. The average Bonchev–Trinajstić information content (AvgIpc) is 2.46. The summed E-state index contributed by atoms with van der Waals surface area (Å²) in [4.78, 5) is 0. The van der Waals surface area contributed by atoms with E-state index in [1.807, 2.05) is 19.2 Å². The number of halogens is 1. The van der Waals surface area contributed by atoms with Gasteiger partial charge in [-0.1, -0.05) is 15.9 Å². The molecule has 3 nitrogen and oxygen atoms in total. The Labute approximate surface area is 123 Å². The van der Waals surface area contributed by atoms with E-state index in [4.69, 9.17) is 9.47 Å². The molecule has 2 atom stereocenters. The number of benzene rings is 1. The lowest BCUT2D eigenvalue weighted by Crippen LogP contribution is -2.39. The molecule has 1 aromatic rings. The lowest BCUT2D eigenvalue weighted by Gasteiger charge is -2.30. The van der Waals surface area contributed by atoms with Crippen LogP contribution in [0.5, 0.6) is 5.75 Å². The van der Waals surface area contributed by atoms with Crippen molar-refractivity contribution in [1.29, 1.82) is 0 Å². The lowest BCUT2D eigenvalue weighted by atomic mass is 9.89. The summed E-state index contributed by atoms with van der Waals surface area (Å²) in [5.41, 5.74) is 1.24. The summed E-state index contributed by atoms with van der Waals surface area (Å²) in [7, 11) is 3.76. The van der Waals surface area contributed by atoms with Gasteiger partial charge in [-0.3, -0.25) is 0 Å². The molecule has 1 N–H and O–H groups in total. The predicted molar refractivity (Wildman–Crippen MR) is 80.8 cm³/mol. The van der Waals surface area contributed by atoms with Gasteiger partial charge in [0.25, 0.3) is 0 Å². The van der Waals surface area contributed by atoms with Crippen LogP contribution >= 0.6 is 15.9 Å². The van der Waals surface area contributed by atoms with Crippen LogP contribution in [0.25, 0.3) is 0 Å². The van der Waals surface area contributed by atoms with E-state index in [9.17, 15) is 0 Å². The monoisotopic (exact) mass is 327 g/mol. The number of rotatable bonds is 5. The number of likely N-dealkylation sites (N-methyl/N-ethyl adjacent to an activating group) is 1. The Morgan fingerprint density at radius 3 is 3.00 bits per heavy atom. The van der Waals surface area contributed by atoms with E-state index in [0.717, 1.165) is 29.9 Å². The van der Waals surface area contributed by atoms with Crippen LogP contribution in [0.3, 0.4) is 0 Å². The van der Waals surface area contributed by atoms with Crippen LogP contribution in [0.1, 0.15) is 18.4 Å². The van der Waals surface area contributed by atoms with Crippen LogP contribution in [0.4, 0.5) is 0 Å². The molecule has 1 fully saturated rings. The number of nitrogens with one attached hydrogen (secondary N) is 1. The summed E-state index contributed by atoms with van der Waals surface area (Å²) in [6.45, 7) is 1.77. The third kappa shape index (κ3) is 3.94. The van der Waals surface area contributed by atoms with E-state index < -0.39 is 0 Å². The summed E-state index contributed by atoms with van der Waals surface area (Å²) in [5.74, 6) is 1.54. The first-order chi connectivity index (χ1) is 9.24. The number of hydrogen-bond acceptors (Lipinski definition) is 3. The van der Waals surface area contributed by atoms with Gasteiger partial charge in [0.15, 0.2) is 0 Å². The maximum absolute atomic E-state index is 5.60. The predicted octanol–water partition coefficient (Wildman–Crippen LogP) is 3.01. The maximum atomic E-state index is 5.60. The van der Waals surface area contributed by atoms with E-state index in [1.165, 1.54) is 18.4 Å². The SMILES string of the molecule is CNC(Cc1cc(Br)ccc1OC)C1CCCOC1. The molecular formula is C15H22BrNO2. The number of methoxy groups -OCH3 is 1. The smallest absolute Gasteiger partial charge is 0.122 e. The second-order valence-corrected chi connectivity index (χ2v) is 5.95. The van der Waals surface area contributed by atoms with Gasteiger partial charge in [-0.25, -0.2) is 0 Å². The minimum atomic E-state index is 0.434. The molecule has 1 aromatic carbocycles. The molecule has 106 valence electrons. The van der Waals surface area contributed by atoms with Gasteiger partial charge in [-0.15, -0.1) is 0 Å². The van der Waals surface area contributed by atoms with Crippen molar-refractivity contribution < 1.29 is 9.47 Å². The molecule has 0 spiro atoms. The van der Waals surface area contributed by atoms with Gasteiger partial charge < -0.3 is 14.8 Å². The summed E-state index contributed by atoms with van der Waals surface area (Å²) in [5, 5.41) is 3.44. The molecule has 2 rings (SSSR count). The maximum Gasteiger partial charge on any atom is 0.122 e. The summed E-state index contributed by atoms with van der Waals surface area (Å²) in [6, 6.07) is 6.61. The van der Waals surface area contributed by atoms with Crippen molar-refractivity contribution >= 4 is 15.9 Å². The molecule has 0 saturated carbocycles. The normalized spacial score (nSPS) is 21.1. The summed E-state index contributed by atoms with van der Waals surface area (Å²) in [6.07, 6.45) is 3.37. The van der Waals surface area contributed by atoms with E-state index in [0.29, 0.717) is 12.0 Å². The molecule has 19 heavy (non-hydrogen) atoms. The van der Waals surface area contributed by atoms with Crippen molar-refractivity contribution in [2.45, 2.75) is 25.3 Å². The van der Waals surface area contributed by atoms with Crippen molar-refractivity contribution in [2.75, 3.05) is 27.4 Å². The molecule has 0 aliphatic carbocycles. The number of ether oxygens (including phenoxy) is 2. The van der Waals surface area contributed by atoms with Crippen LogP contribution < -0.4 is 10.1 Å². The second-order valence-electron chi connectivity index (χ2n) is 5.03. The average molecular weight is 328 g/mol. The summed E-state index contributed by atoms with van der Waals surface area (Å²) >= 11 is 3.53. The highest BCUT2D eigenvalue weighted by Crippen LogP contribution is 2.27. The van der Waals surface area contributed by atoms with Crippen molar-refractivity contribution in [3.63, 3.8) is 0 Å². The first kappa shape index (κ1) is 14.8. The van der Waals surface area contributed by atoms with Gasteiger partial charge in [-0.2, -0.15) is 0 Å². The van der Waals surface area contributed by atoms with Crippen LogP contribution in [-0.2, 0) is 11.2 Å². The Bertz CT molecular complexity index is 405. The van der Waals surface area contributed by atoms with Crippen molar-refractivity contribution in [1.82, 2.24) is 5.32 Å². The van der Waals surface area contributed by atoms with Gasteiger partial charge in [0.2, 0.25) is 0 Å². The Hall–Kier alpha value is -0.580. The van der Waals surface area contributed by atoms with Crippen molar-refractivity contribution in [3.8, 4) is 5.75 Å². The van der Waals surface area contributed by atoms with Gasteiger partial charge in [0, 0.05) is 17.1 Å². The van der Waals surface area contributed by atoms with E-state index in [1.54, 1.807) is 7.11 Å². The molecule has 1 saturated heterocycles. The highest BCUT2D eigenvalue weighted by atomic mass is 79.9. The number of hydrogen-bond donors (Lipinski definition) is 1. The van der Waals surface area contributed by atoms with Gasteiger partial charge >= 0.3 is 0 Å². The second kappa shape index (κ2) is 7.27. The van der Waals surface area contributed by atoms with Gasteiger partial charge in [0.05, 0.1) is 13.7 Å².